The minimum absolute atomic E-state index is 0.0946. The van der Waals surface area contributed by atoms with E-state index in [1.54, 1.807) is 0 Å². The quantitative estimate of drug-likeness (QED) is 0.534. The van der Waals surface area contributed by atoms with Crippen molar-refractivity contribution in [3.63, 3.8) is 0 Å². The van der Waals surface area contributed by atoms with Crippen LogP contribution in [0, 0.1) is 11.3 Å². The molecule has 2 amide bonds. The lowest BCUT2D eigenvalue weighted by molar-refractivity contribution is -0.131. The maximum atomic E-state index is 13.8. The lowest BCUT2D eigenvalue weighted by Gasteiger charge is -2.29. The summed E-state index contributed by atoms with van der Waals surface area (Å²) in [5.41, 5.74) is 3.06. The van der Waals surface area contributed by atoms with Gasteiger partial charge in [0, 0.05) is 11.8 Å². The van der Waals surface area contributed by atoms with Gasteiger partial charge in [0.25, 0.3) is 0 Å². The number of imide groups is 1. The van der Waals surface area contributed by atoms with E-state index in [0.29, 0.717) is 0 Å². The Labute approximate surface area is 188 Å². The minimum atomic E-state index is -0.536. The van der Waals surface area contributed by atoms with E-state index in [9.17, 15) is 9.59 Å². The number of cyclic esters (lactones) is 1. The summed E-state index contributed by atoms with van der Waals surface area (Å²) >= 11 is 0. The summed E-state index contributed by atoms with van der Waals surface area (Å²) in [5.74, 6) is -0.430. The molecule has 2 fully saturated rings. The van der Waals surface area contributed by atoms with Gasteiger partial charge in [-0.3, -0.25) is 4.79 Å². The van der Waals surface area contributed by atoms with Crippen LogP contribution in [0.2, 0.25) is 0 Å². The minimum Gasteiger partial charge on any atom is -0.447 e. The average Bonchev–Trinajstić information content (AvgIpc) is 3.21. The van der Waals surface area contributed by atoms with Gasteiger partial charge in [-0.1, -0.05) is 105 Å². The lowest BCUT2D eigenvalue weighted by atomic mass is 9.84. The zero-order valence-corrected chi connectivity index (χ0v) is 18.3. The van der Waals surface area contributed by atoms with Crippen LogP contribution in [0.3, 0.4) is 0 Å². The highest BCUT2D eigenvalue weighted by atomic mass is 16.6. The number of hydrogen-bond acceptors (Lipinski definition) is 3. The number of ether oxygens (including phenoxy) is 1. The third kappa shape index (κ3) is 3.40. The van der Waals surface area contributed by atoms with Gasteiger partial charge in [0.05, 0.1) is 12.0 Å². The van der Waals surface area contributed by atoms with Crippen LogP contribution in [0.15, 0.2) is 91.0 Å². The molecule has 0 bridgehead atoms. The second kappa shape index (κ2) is 7.94. The normalized spacial score (nSPS) is 23.8. The first kappa shape index (κ1) is 20.5. The molecular formula is C28H27NO3. The summed E-state index contributed by atoms with van der Waals surface area (Å²) < 4.78 is 5.48. The number of carbonyl (C=O) groups excluding carboxylic acids is 2. The van der Waals surface area contributed by atoms with E-state index >= 15 is 0 Å². The van der Waals surface area contributed by atoms with E-state index in [-0.39, 0.29) is 41.7 Å². The van der Waals surface area contributed by atoms with Crippen molar-refractivity contribution in [2.24, 2.45) is 11.3 Å². The first-order chi connectivity index (χ1) is 15.5. The smallest absolute Gasteiger partial charge is 0.417 e. The van der Waals surface area contributed by atoms with E-state index in [2.05, 4.69) is 50.2 Å². The number of carbonyl (C=O) groups is 2. The highest BCUT2D eigenvalue weighted by Crippen LogP contribution is 2.65. The average molecular weight is 426 g/mol. The molecule has 1 saturated heterocycles. The largest absolute Gasteiger partial charge is 0.447 e. The molecule has 3 aromatic rings. The molecule has 0 N–H and O–H groups in total. The number of rotatable bonds is 5. The summed E-state index contributed by atoms with van der Waals surface area (Å²) in [7, 11) is 0. The Balaban J connectivity index is 1.51. The van der Waals surface area contributed by atoms with Crippen LogP contribution in [0.25, 0.3) is 0 Å². The predicted molar refractivity (Wildman–Crippen MR) is 123 cm³/mol. The van der Waals surface area contributed by atoms with Crippen molar-refractivity contribution in [1.82, 2.24) is 4.90 Å². The summed E-state index contributed by atoms with van der Waals surface area (Å²) in [6, 6.07) is 29.8. The van der Waals surface area contributed by atoms with Crippen molar-refractivity contribution in [2.45, 2.75) is 31.7 Å². The summed E-state index contributed by atoms with van der Waals surface area (Å²) in [6.07, 6.45) is -0.536. The fourth-order valence-corrected chi connectivity index (χ4v) is 5.42. The van der Waals surface area contributed by atoms with Crippen LogP contribution in [0.4, 0.5) is 4.79 Å². The van der Waals surface area contributed by atoms with Gasteiger partial charge in [0.15, 0.2) is 0 Å². The van der Waals surface area contributed by atoms with Gasteiger partial charge >= 0.3 is 6.09 Å². The lowest BCUT2D eigenvalue weighted by Crippen LogP contribution is -2.44. The van der Waals surface area contributed by atoms with Gasteiger partial charge in [-0.25, -0.2) is 9.69 Å². The second-order valence-electron chi connectivity index (χ2n) is 9.34. The number of nitrogens with zero attached hydrogens (tertiary/aromatic N) is 1. The fraction of sp³-hybridized carbons (Fsp3) is 0.286. The molecule has 162 valence electrons. The molecule has 4 nitrogen and oxygen atoms in total. The molecule has 0 unspecified atom stereocenters. The molecule has 1 aliphatic heterocycles. The van der Waals surface area contributed by atoms with Crippen molar-refractivity contribution in [3.05, 3.63) is 108 Å². The summed E-state index contributed by atoms with van der Waals surface area (Å²) in [4.78, 5) is 28.1. The molecule has 1 saturated carbocycles. The predicted octanol–water partition coefficient (Wildman–Crippen LogP) is 5.61. The van der Waals surface area contributed by atoms with E-state index in [1.807, 2.05) is 54.6 Å². The van der Waals surface area contributed by atoms with Crippen LogP contribution < -0.4 is 0 Å². The number of amides is 2. The van der Waals surface area contributed by atoms with E-state index in [1.165, 1.54) is 4.90 Å². The van der Waals surface area contributed by atoms with Gasteiger partial charge in [-0.15, -0.1) is 0 Å². The van der Waals surface area contributed by atoms with Crippen molar-refractivity contribution < 1.29 is 14.3 Å². The topological polar surface area (TPSA) is 46.6 Å². The first-order valence-corrected chi connectivity index (χ1v) is 11.1. The molecule has 0 aromatic heterocycles. The third-order valence-electron chi connectivity index (χ3n) is 7.10. The fourth-order valence-electron chi connectivity index (χ4n) is 5.42. The Morgan fingerprint density at radius 2 is 1.38 bits per heavy atom. The van der Waals surface area contributed by atoms with Crippen LogP contribution in [0.5, 0.6) is 0 Å². The summed E-state index contributed by atoms with van der Waals surface area (Å²) in [5, 5.41) is 0. The molecule has 1 heterocycles. The summed E-state index contributed by atoms with van der Waals surface area (Å²) in [6.45, 7) is 4.41. The number of benzene rings is 3. The SMILES string of the molecule is CC1(C)[C@@H](C(=O)N2C(=O)OC[C@H]2C(c2ccccc2)c2ccccc2)[C@@H]1c1ccccc1. The molecule has 0 radical (unpaired) electrons. The van der Waals surface area contributed by atoms with E-state index in [4.69, 9.17) is 4.74 Å². The molecule has 4 heteroatoms. The Bertz CT molecular complexity index is 1070. The Hall–Kier alpha value is -3.40. The van der Waals surface area contributed by atoms with E-state index in [0.717, 1.165) is 16.7 Å². The van der Waals surface area contributed by atoms with Gasteiger partial charge in [-0.05, 0) is 22.1 Å². The zero-order valence-electron chi connectivity index (χ0n) is 18.3. The molecule has 3 atom stereocenters. The maximum Gasteiger partial charge on any atom is 0.417 e. The highest BCUT2D eigenvalue weighted by Gasteiger charge is 2.65. The van der Waals surface area contributed by atoms with E-state index < -0.39 is 6.09 Å². The van der Waals surface area contributed by atoms with Crippen LogP contribution >= 0.6 is 0 Å². The van der Waals surface area contributed by atoms with Gasteiger partial charge < -0.3 is 4.74 Å². The molecule has 2 aliphatic rings. The van der Waals surface area contributed by atoms with Gasteiger partial charge in [0.1, 0.15) is 6.61 Å². The van der Waals surface area contributed by atoms with Crippen LogP contribution in [0.1, 0.15) is 42.4 Å². The monoisotopic (exact) mass is 425 g/mol. The molecule has 32 heavy (non-hydrogen) atoms. The van der Waals surface area contributed by atoms with Gasteiger partial charge in [-0.2, -0.15) is 0 Å². The van der Waals surface area contributed by atoms with Crippen molar-refractivity contribution >= 4 is 12.0 Å². The molecule has 0 spiro atoms. The Kier molecular flexibility index (Phi) is 5.09. The molecule has 1 aliphatic carbocycles. The van der Waals surface area contributed by atoms with Crippen molar-refractivity contribution in [1.29, 1.82) is 0 Å². The van der Waals surface area contributed by atoms with Gasteiger partial charge in [0.2, 0.25) is 5.91 Å². The van der Waals surface area contributed by atoms with Crippen LogP contribution in [-0.2, 0) is 9.53 Å². The zero-order chi connectivity index (χ0) is 22.3. The molecule has 3 aromatic carbocycles. The van der Waals surface area contributed by atoms with Crippen LogP contribution in [-0.4, -0.2) is 29.5 Å². The van der Waals surface area contributed by atoms with Crippen molar-refractivity contribution in [2.75, 3.05) is 6.61 Å². The number of hydrogen-bond donors (Lipinski definition) is 0. The Morgan fingerprint density at radius 1 is 0.875 bits per heavy atom. The Morgan fingerprint density at radius 3 is 1.91 bits per heavy atom. The maximum absolute atomic E-state index is 13.8. The standard InChI is InChI=1S/C28H27NO3/c1-28(2)24(21-16-10-5-11-17-21)25(28)26(30)29-22(18-32-27(29)31)23(19-12-6-3-7-13-19)20-14-8-4-9-15-20/h3-17,22-25H,18H2,1-2H3/t22-,24-,25+/m0/s1. The van der Waals surface area contributed by atoms with Crippen molar-refractivity contribution in [3.8, 4) is 0 Å². The highest BCUT2D eigenvalue weighted by molar-refractivity contribution is 5.97. The molecular weight excluding hydrogens is 398 g/mol. The first-order valence-electron chi connectivity index (χ1n) is 11.1. The third-order valence-corrected chi connectivity index (χ3v) is 7.10. The molecule has 5 rings (SSSR count). The second-order valence-corrected chi connectivity index (χ2v) is 9.34.